The molecule has 0 amide bonds. The van der Waals surface area contributed by atoms with Crippen LogP contribution in [0.5, 0.6) is 0 Å². The van der Waals surface area contributed by atoms with Gasteiger partial charge in [0, 0.05) is 12.2 Å². The molecule has 0 aliphatic heterocycles. The standard InChI is InChI=1S/C13H18N2O2/c1-4-5-11-6-10(13(16)17)7-12(15-11)14-8-9(2)3/h6-7H,2,4-5,8H2,1,3H3,(H,14,15)(H,16,17). The van der Waals surface area contributed by atoms with Crippen molar-refractivity contribution in [3.8, 4) is 0 Å². The van der Waals surface area contributed by atoms with E-state index in [1.165, 1.54) is 0 Å². The average molecular weight is 234 g/mol. The molecule has 4 heteroatoms. The number of hydrogen-bond donors (Lipinski definition) is 2. The third-order valence-electron chi connectivity index (χ3n) is 2.20. The van der Waals surface area contributed by atoms with Crippen LogP contribution in [0.4, 0.5) is 5.82 Å². The van der Waals surface area contributed by atoms with Crippen LogP contribution in [0.2, 0.25) is 0 Å². The van der Waals surface area contributed by atoms with Crippen molar-refractivity contribution >= 4 is 11.8 Å². The van der Waals surface area contributed by atoms with Crippen molar-refractivity contribution in [1.82, 2.24) is 4.98 Å². The highest BCUT2D eigenvalue weighted by molar-refractivity contribution is 5.88. The third-order valence-corrected chi connectivity index (χ3v) is 2.20. The number of aromatic carboxylic acids is 1. The van der Waals surface area contributed by atoms with Crippen molar-refractivity contribution in [3.05, 3.63) is 35.5 Å². The lowest BCUT2D eigenvalue weighted by atomic mass is 10.1. The van der Waals surface area contributed by atoms with E-state index in [0.29, 0.717) is 12.4 Å². The molecule has 92 valence electrons. The lowest BCUT2D eigenvalue weighted by Crippen LogP contribution is -2.08. The number of hydrogen-bond acceptors (Lipinski definition) is 3. The second-order valence-electron chi connectivity index (χ2n) is 4.10. The van der Waals surface area contributed by atoms with Gasteiger partial charge < -0.3 is 10.4 Å². The van der Waals surface area contributed by atoms with Gasteiger partial charge in [0.15, 0.2) is 0 Å². The number of carboxylic acid groups (broad SMARTS) is 1. The van der Waals surface area contributed by atoms with E-state index >= 15 is 0 Å². The molecule has 1 aromatic heterocycles. The first-order valence-electron chi connectivity index (χ1n) is 5.65. The Morgan fingerprint density at radius 3 is 2.76 bits per heavy atom. The van der Waals surface area contributed by atoms with Crippen LogP contribution in [-0.2, 0) is 6.42 Å². The highest BCUT2D eigenvalue weighted by Gasteiger charge is 2.07. The molecule has 0 aliphatic carbocycles. The molecule has 0 aromatic carbocycles. The van der Waals surface area contributed by atoms with Crippen LogP contribution in [0.15, 0.2) is 24.3 Å². The normalized spacial score (nSPS) is 10.0. The minimum Gasteiger partial charge on any atom is -0.478 e. The minimum atomic E-state index is -0.928. The minimum absolute atomic E-state index is 0.271. The Labute approximate surface area is 101 Å². The number of aryl methyl sites for hydroxylation is 1. The summed E-state index contributed by atoms with van der Waals surface area (Å²) in [5.74, 6) is -0.334. The molecular formula is C13H18N2O2. The van der Waals surface area contributed by atoms with Crippen molar-refractivity contribution in [2.45, 2.75) is 26.7 Å². The maximum atomic E-state index is 11.0. The van der Waals surface area contributed by atoms with Crippen molar-refractivity contribution in [1.29, 1.82) is 0 Å². The van der Waals surface area contributed by atoms with Gasteiger partial charge in [-0.05, 0) is 25.5 Å². The Balaban J connectivity index is 2.94. The fourth-order valence-electron chi connectivity index (χ4n) is 1.43. The van der Waals surface area contributed by atoms with Gasteiger partial charge in [0.2, 0.25) is 0 Å². The van der Waals surface area contributed by atoms with E-state index in [9.17, 15) is 4.79 Å². The van der Waals surface area contributed by atoms with Crippen LogP contribution in [0.1, 0.15) is 36.3 Å². The summed E-state index contributed by atoms with van der Waals surface area (Å²) in [6.45, 7) is 8.32. The molecule has 1 heterocycles. The van der Waals surface area contributed by atoms with E-state index in [-0.39, 0.29) is 5.56 Å². The van der Waals surface area contributed by atoms with Gasteiger partial charge in [0.05, 0.1) is 5.56 Å². The fourth-order valence-corrected chi connectivity index (χ4v) is 1.43. The first kappa shape index (κ1) is 13.2. The second kappa shape index (κ2) is 6.03. The number of carboxylic acids is 1. The molecule has 2 N–H and O–H groups in total. The van der Waals surface area contributed by atoms with E-state index < -0.39 is 5.97 Å². The summed E-state index contributed by atoms with van der Waals surface area (Å²) in [4.78, 5) is 15.3. The largest absolute Gasteiger partial charge is 0.478 e. The average Bonchev–Trinajstić information content (AvgIpc) is 2.26. The molecular weight excluding hydrogens is 216 g/mol. The van der Waals surface area contributed by atoms with Gasteiger partial charge in [-0.25, -0.2) is 9.78 Å². The molecule has 0 unspecified atom stereocenters. The number of carbonyl (C=O) groups is 1. The Kier molecular flexibility index (Phi) is 4.69. The maximum Gasteiger partial charge on any atom is 0.335 e. The van der Waals surface area contributed by atoms with E-state index in [1.54, 1.807) is 12.1 Å². The lowest BCUT2D eigenvalue weighted by Gasteiger charge is -2.08. The van der Waals surface area contributed by atoms with Crippen molar-refractivity contribution in [2.24, 2.45) is 0 Å². The van der Waals surface area contributed by atoms with Crippen molar-refractivity contribution < 1.29 is 9.90 Å². The predicted octanol–water partition coefficient (Wildman–Crippen LogP) is 2.72. The van der Waals surface area contributed by atoms with Gasteiger partial charge in [0.1, 0.15) is 5.82 Å². The molecule has 4 nitrogen and oxygen atoms in total. The molecule has 1 aromatic rings. The smallest absolute Gasteiger partial charge is 0.335 e. The highest BCUT2D eigenvalue weighted by Crippen LogP contribution is 2.12. The van der Waals surface area contributed by atoms with E-state index in [2.05, 4.69) is 16.9 Å². The SMILES string of the molecule is C=C(C)CNc1cc(C(=O)O)cc(CCC)n1. The van der Waals surface area contributed by atoms with Gasteiger partial charge in [-0.3, -0.25) is 0 Å². The number of anilines is 1. The van der Waals surface area contributed by atoms with Crippen LogP contribution < -0.4 is 5.32 Å². The second-order valence-corrected chi connectivity index (χ2v) is 4.10. The maximum absolute atomic E-state index is 11.0. The molecule has 0 saturated carbocycles. The monoisotopic (exact) mass is 234 g/mol. The molecule has 0 atom stereocenters. The van der Waals surface area contributed by atoms with Crippen molar-refractivity contribution in [3.63, 3.8) is 0 Å². The first-order valence-corrected chi connectivity index (χ1v) is 5.65. The zero-order valence-corrected chi connectivity index (χ0v) is 10.3. The molecule has 0 fully saturated rings. The Hall–Kier alpha value is -1.84. The van der Waals surface area contributed by atoms with Crippen LogP contribution in [-0.4, -0.2) is 22.6 Å². The van der Waals surface area contributed by atoms with Crippen LogP contribution >= 0.6 is 0 Å². The molecule has 17 heavy (non-hydrogen) atoms. The summed E-state index contributed by atoms with van der Waals surface area (Å²) in [5.41, 5.74) is 2.05. The highest BCUT2D eigenvalue weighted by atomic mass is 16.4. The van der Waals surface area contributed by atoms with Gasteiger partial charge in [0.25, 0.3) is 0 Å². The van der Waals surface area contributed by atoms with E-state index in [0.717, 1.165) is 24.1 Å². The topological polar surface area (TPSA) is 62.2 Å². The lowest BCUT2D eigenvalue weighted by molar-refractivity contribution is 0.0696. The molecule has 0 radical (unpaired) electrons. The zero-order valence-electron chi connectivity index (χ0n) is 10.3. The Bertz CT molecular complexity index is 427. The van der Waals surface area contributed by atoms with E-state index in [4.69, 9.17) is 5.11 Å². The summed E-state index contributed by atoms with van der Waals surface area (Å²) in [5, 5.41) is 12.1. The molecule has 0 aliphatic rings. The molecule has 0 bridgehead atoms. The quantitative estimate of drug-likeness (QED) is 0.743. The summed E-state index contributed by atoms with van der Waals surface area (Å²) in [6, 6.07) is 3.17. The van der Waals surface area contributed by atoms with Crippen LogP contribution in [0.25, 0.3) is 0 Å². The third kappa shape index (κ3) is 4.26. The number of rotatable bonds is 6. The number of nitrogens with zero attached hydrogens (tertiary/aromatic N) is 1. The van der Waals surface area contributed by atoms with Gasteiger partial charge in [-0.2, -0.15) is 0 Å². The summed E-state index contributed by atoms with van der Waals surface area (Å²) in [6.07, 6.45) is 1.72. The number of pyridine rings is 1. The van der Waals surface area contributed by atoms with Gasteiger partial charge in [-0.15, -0.1) is 0 Å². The predicted molar refractivity (Wildman–Crippen MR) is 68.5 cm³/mol. The first-order chi connectivity index (χ1) is 8.02. The van der Waals surface area contributed by atoms with Crippen LogP contribution in [0, 0.1) is 0 Å². The van der Waals surface area contributed by atoms with E-state index in [1.807, 2.05) is 13.8 Å². The van der Waals surface area contributed by atoms with Crippen molar-refractivity contribution in [2.75, 3.05) is 11.9 Å². The molecule has 0 saturated heterocycles. The zero-order chi connectivity index (χ0) is 12.8. The summed E-state index contributed by atoms with van der Waals surface area (Å²) >= 11 is 0. The van der Waals surface area contributed by atoms with Crippen LogP contribution in [0.3, 0.4) is 0 Å². The van der Waals surface area contributed by atoms with Gasteiger partial charge in [-0.1, -0.05) is 25.5 Å². The van der Waals surface area contributed by atoms with Gasteiger partial charge >= 0.3 is 5.97 Å². The molecule has 1 rings (SSSR count). The summed E-state index contributed by atoms with van der Waals surface area (Å²) in [7, 11) is 0. The summed E-state index contributed by atoms with van der Waals surface area (Å²) < 4.78 is 0. The fraction of sp³-hybridized carbons (Fsp3) is 0.385. The number of aromatic nitrogens is 1. The Morgan fingerprint density at radius 2 is 2.24 bits per heavy atom. The molecule has 0 spiro atoms. The number of nitrogens with one attached hydrogen (secondary N) is 1. The Morgan fingerprint density at radius 1 is 1.53 bits per heavy atom.